The summed E-state index contributed by atoms with van der Waals surface area (Å²) in [6.45, 7) is 0. The maximum atomic E-state index is 13.5. The van der Waals surface area contributed by atoms with Gasteiger partial charge in [-0.15, -0.1) is 10.2 Å². The monoisotopic (exact) mass is 595 g/mol. The largest absolute Gasteiger partial charge is 0.507 e. The Hall–Kier alpha value is -4.67. The predicted octanol–water partition coefficient (Wildman–Crippen LogP) is 6.63. The average molecular weight is 596 g/mol. The van der Waals surface area contributed by atoms with Crippen molar-refractivity contribution in [2.75, 3.05) is 19.1 Å². The number of anilines is 1. The van der Waals surface area contributed by atoms with E-state index in [1.165, 1.54) is 47.6 Å². The first-order valence-corrected chi connectivity index (χ1v) is 14.8. The number of rotatable bonds is 8. The summed E-state index contributed by atoms with van der Waals surface area (Å²) in [5.41, 5.74) is 2.09. The molecule has 10 heteroatoms. The van der Waals surface area contributed by atoms with Gasteiger partial charge < -0.3 is 14.6 Å². The van der Waals surface area contributed by atoms with Crippen LogP contribution < -0.4 is 14.4 Å². The molecule has 2 heterocycles. The highest BCUT2D eigenvalue weighted by molar-refractivity contribution is 8.00. The van der Waals surface area contributed by atoms with Crippen LogP contribution in [0.5, 0.6) is 11.5 Å². The van der Waals surface area contributed by atoms with E-state index in [2.05, 4.69) is 34.5 Å². The second-order valence-corrected chi connectivity index (χ2v) is 11.6. The number of ketones is 1. The quantitative estimate of drug-likeness (QED) is 0.0702. The summed E-state index contributed by atoms with van der Waals surface area (Å²) in [6, 6.07) is 27.4. The molecule has 8 nitrogen and oxygen atoms in total. The van der Waals surface area contributed by atoms with Crippen LogP contribution >= 0.6 is 23.1 Å². The molecule has 0 bridgehead atoms. The summed E-state index contributed by atoms with van der Waals surface area (Å²) in [4.78, 5) is 28.3. The summed E-state index contributed by atoms with van der Waals surface area (Å²) >= 11 is 2.75. The molecule has 1 aliphatic rings. The highest BCUT2D eigenvalue weighted by Gasteiger charge is 2.48. The molecule has 1 unspecified atom stereocenters. The van der Waals surface area contributed by atoms with Gasteiger partial charge in [-0.2, -0.15) is 0 Å². The fraction of sp³-hybridized carbons (Fsp3) is 0.125. The molecule has 6 rings (SSSR count). The molecule has 1 amide bonds. The van der Waals surface area contributed by atoms with Crippen LogP contribution in [0, 0.1) is 0 Å². The van der Waals surface area contributed by atoms with Gasteiger partial charge in [0.25, 0.3) is 5.78 Å². The van der Waals surface area contributed by atoms with E-state index in [-0.39, 0.29) is 16.5 Å². The number of carbonyl (C=O) groups excluding carboxylic acids is 2. The van der Waals surface area contributed by atoms with E-state index < -0.39 is 17.7 Å². The van der Waals surface area contributed by atoms with Crippen LogP contribution in [-0.4, -0.2) is 41.2 Å². The number of nitrogens with zero attached hydrogens (tertiary/aromatic N) is 3. The van der Waals surface area contributed by atoms with Crippen molar-refractivity contribution in [3.8, 4) is 11.5 Å². The maximum absolute atomic E-state index is 13.5. The first-order valence-electron chi connectivity index (χ1n) is 13.0. The molecule has 0 radical (unpaired) electrons. The fourth-order valence-corrected chi connectivity index (χ4v) is 6.91. The number of ether oxygens (including phenoxy) is 2. The minimum absolute atomic E-state index is 0.0430. The van der Waals surface area contributed by atoms with Gasteiger partial charge in [-0.05, 0) is 40.1 Å². The zero-order valence-corrected chi connectivity index (χ0v) is 24.3. The minimum Gasteiger partial charge on any atom is -0.507 e. The van der Waals surface area contributed by atoms with E-state index in [9.17, 15) is 14.7 Å². The smallest absolute Gasteiger partial charge is 0.301 e. The van der Waals surface area contributed by atoms with Gasteiger partial charge in [-0.3, -0.25) is 14.5 Å². The molecule has 4 aromatic carbocycles. The number of methoxy groups -OCH3 is 2. The highest BCUT2D eigenvalue weighted by atomic mass is 32.2. The van der Waals surface area contributed by atoms with Crippen LogP contribution in [0.2, 0.25) is 0 Å². The molecule has 0 spiro atoms. The van der Waals surface area contributed by atoms with Gasteiger partial charge in [0.2, 0.25) is 5.13 Å². The lowest BCUT2D eigenvalue weighted by Gasteiger charge is -2.22. The summed E-state index contributed by atoms with van der Waals surface area (Å²) in [6.07, 6.45) is 0. The first kappa shape index (κ1) is 27.5. The second-order valence-electron chi connectivity index (χ2n) is 9.43. The molecule has 1 aromatic heterocycles. The maximum Gasteiger partial charge on any atom is 0.301 e. The Morgan fingerprint density at radius 3 is 2.43 bits per heavy atom. The Bertz CT molecular complexity index is 1830. The number of benzene rings is 4. The SMILES string of the molecule is COc1ccc(/C(O)=C2\C(=O)C(=O)N(c3nnc(SCc4cccc5ccccc45)s3)C2c2ccccc2)cc1OC. The van der Waals surface area contributed by atoms with Crippen LogP contribution in [-0.2, 0) is 15.3 Å². The Balaban J connectivity index is 1.36. The number of aliphatic hydroxyl groups excluding tert-OH is 1. The Morgan fingerprint density at radius 2 is 1.64 bits per heavy atom. The third-order valence-electron chi connectivity index (χ3n) is 7.05. The van der Waals surface area contributed by atoms with Crippen molar-refractivity contribution in [1.29, 1.82) is 0 Å². The van der Waals surface area contributed by atoms with Gasteiger partial charge in [0.1, 0.15) is 5.76 Å². The molecule has 0 saturated carbocycles. The van der Waals surface area contributed by atoms with Crippen molar-refractivity contribution in [3.63, 3.8) is 0 Å². The highest BCUT2D eigenvalue weighted by Crippen LogP contribution is 2.44. The number of hydrogen-bond acceptors (Lipinski definition) is 9. The van der Waals surface area contributed by atoms with Gasteiger partial charge in [0, 0.05) is 11.3 Å². The Labute approximate surface area is 250 Å². The fourth-order valence-electron chi connectivity index (χ4n) is 5.04. The average Bonchev–Trinajstić information content (AvgIpc) is 3.61. The van der Waals surface area contributed by atoms with E-state index in [4.69, 9.17) is 9.47 Å². The van der Waals surface area contributed by atoms with Crippen LogP contribution in [0.4, 0.5) is 5.13 Å². The third-order valence-corrected chi connectivity index (χ3v) is 9.15. The number of aromatic nitrogens is 2. The van der Waals surface area contributed by atoms with E-state index in [0.717, 1.165) is 10.9 Å². The van der Waals surface area contributed by atoms with Crippen LogP contribution in [0.1, 0.15) is 22.7 Å². The van der Waals surface area contributed by atoms with Gasteiger partial charge >= 0.3 is 5.91 Å². The zero-order valence-electron chi connectivity index (χ0n) is 22.7. The van der Waals surface area contributed by atoms with Crippen LogP contribution in [0.3, 0.4) is 0 Å². The van der Waals surface area contributed by atoms with E-state index in [0.29, 0.717) is 32.7 Å². The standard InChI is InChI=1S/C32H25N3O5S2/c1-39-24-16-15-21(17-25(24)40-2)28(36)26-27(20-10-4-3-5-11-20)35(30(38)29(26)37)31-33-34-32(42-31)41-18-22-13-8-12-19-9-6-7-14-23(19)22/h3-17,27,36H,18H2,1-2H3/b28-26+. The van der Waals surface area contributed by atoms with E-state index in [1.807, 2.05) is 48.5 Å². The lowest BCUT2D eigenvalue weighted by molar-refractivity contribution is -0.132. The lowest BCUT2D eigenvalue weighted by Crippen LogP contribution is -2.29. The topological polar surface area (TPSA) is 102 Å². The molecular formula is C32H25N3O5S2. The molecule has 1 saturated heterocycles. The molecule has 42 heavy (non-hydrogen) atoms. The van der Waals surface area contributed by atoms with Gasteiger partial charge in [-0.25, -0.2) is 0 Å². The summed E-state index contributed by atoms with van der Waals surface area (Å²) < 4.78 is 11.3. The number of hydrogen-bond donors (Lipinski definition) is 1. The zero-order chi connectivity index (χ0) is 29.2. The molecular weight excluding hydrogens is 571 g/mol. The Kier molecular flexibility index (Phi) is 7.64. The number of thioether (sulfide) groups is 1. The van der Waals surface area contributed by atoms with Crippen molar-refractivity contribution in [3.05, 3.63) is 113 Å². The molecule has 1 N–H and O–H groups in total. The van der Waals surface area contributed by atoms with Crippen molar-refractivity contribution in [2.24, 2.45) is 0 Å². The van der Waals surface area contributed by atoms with Gasteiger partial charge in [-0.1, -0.05) is 95.9 Å². The number of aliphatic hydroxyl groups is 1. The van der Waals surface area contributed by atoms with Crippen molar-refractivity contribution in [2.45, 2.75) is 16.1 Å². The molecule has 1 aliphatic heterocycles. The van der Waals surface area contributed by atoms with Crippen molar-refractivity contribution >= 4 is 56.5 Å². The van der Waals surface area contributed by atoms with E-state index in [1.54, 1.807) is 18.2 Å². The van der Waals surface area contributed by atoms with Gasteiger partial charge in [0.15, 0.2) is 15.8 Å². The van der Waals surface area contributed by atoms with Crippen molar-refractivity contribution in [1.82, 2.24) is 10.2 Å². The number of fused-ring (bicyclic) bond motifs is 1. The lowest BCUT2D eigenvalue weighted by atomic mass is 9.95. The molecule has 1 atom stereocenters. The van der Waals surface area contributed by atoms with E-state index >= 15 is 0 Å². The number of amides is 1. The predicted molar refractivity (Wildman–Crippen MR) is 164 cm³/mol. The molecule has 1 fully saturated rings. The normalized spacial score (nSPS) is 16.2. The summed E-state index contributed by atoms with van der Waals surface area (Å²) in [7, 11) is 2.99. The molecule has 5 aromatic rings. The Morgan fingerprint density at radius 1 is 0.905 bits per heavy atom. The summed E-state index contributed by atoms with van der Waals surface area (Å²) in [5, 5.41) is 22.7. The third kappa shape index (κ3) is 4.99. The van der Waals surface area contributed by atoms with Crippen LogP contribution in [0.15, 0.2) is 101 Å². The first-order chi connectivity index (χ1) is 20.5. The molecule has 0 aliphatic carbocycles. The number of Topliss-reactive ketones (excluding diaryl/α,β-unsaturated/α-hetero) is 1. The second kappa shape index (κ2) is 11.7. The van der Waals surface area contributed by atoms with Crippen molar-refractivity contribution < 1.29 is 24.2 Å². The van der Waals surface area contributed by atoms with Crippen LogP contribution in [0.25, 0.3) is 16.5 Å². The number of carbonyl (C=O) groups is 2. The molecule has 210 valence electrons. The minimum atomic E-state index is -0.900. The summed E-state index contributed by atoms with van der Waals surface area (Å²) in [5.74, 6) is -0.402. The van der Waals surface area contributed by atoms with Gasteiger partial charge in [0.05, 0.1) is 25.8 Å².